The predicted octanol–water partition coefficient (Wildman–Crippen LogP) is 2.60. The van der Waals surface area contributed by atoms with E-state index in [1.807, 2.05) is 0 Å². The summed E-state index contributed by atoms with van der Waals surface area (Å²) in [5.74, 6) is -8.45. The maximum Gasteiger partial charge on any atom is 0.303 e. The monoisotopic (exact) mass is 592 g/mol. The van der Waals surface area contributed by atoms with Crippen molar-refractivity contribution in [3.8, 4) is 0 Å². The fourth-order valence-electron chi connectivity index (χ4n) is 5.80. The van der Waals surface area contributed by atoms with Gasteiger partial charge in [-0.05, 0) is 19.8 Å². The normalized spacial score (nSPS) is 33.6. The molecule has 2 aliphatic rings. The Labute approximate surface area is 245 Å². The minimum atomic E-state index is -2.01. The highest BCUT2D eigenvalue weighted by Crippen LogP contribution is 2.51. The molecular formula is C30H40O12. The minimum absolute atomic E-state index is 0.120. The SMILES string of the molecule is C=C1[C@@H](OC(C)=O)[C@H]2[C@@H](OC(C)=O)[C@@H](C)C[C@]2(OC(C)=O)C(=O)[C@H](C)/C=C/C(C)(C)C(=O)[C@@H](OC(C)=O)[C@H]1OC(C)=O. The van der Waals surface area contributed by atoms with Crippen molar-refractivity contribution in [1.29, 1.82) is 0 Å². The maximum atomic E-state index is 14.3. The lowest BCUT2D eigenvalue weighted by atomic mass is 9.72. The van der Waals surface area contributed by atoms with E-state index in [-0.39, 0.29) is 12.0 Å². The summed E-state index contributed by atoms with van der Waals surface area (Å²) in [6, 6.07) is 0. The quantitative estimate of drug-likeness (QED) is 0.261. The van der Waals surface area contributed by atoms with Crippen molar-refractivity contribution in [2.24, 2.45) is 23.2 Å². The Morgan fingerprint density at radius 3 is 1.69 bits per heavy atom. The lowest BCUT2D eigenvalue weighted by Crippen LogP contribution is -2.58. The first-order chi connectivity index (χ1) is 19.2. The van der Waals surface area contributed by atoms with Crippen LogP contribution < -0.4 is 0 Å². The third kappa shape index (κ3) is 7.32. The second-order valence-electron chi connectivity index (χ2n) is 11.5. The standard InChI is InChI=1S/C30H40O12/c1-14-11-12-29(9,10)28(37)26(41-20(7)34)25(40-19(6)33)16(3)24(39-18(5)32)22-23(38-17(4)31)15(2)13-30(22,27(14)36)42-21(8)35/h11-12,14-15,22-26H,3,13H2,1-2,4-10H3/b12-11+/t14-,15+,22-,23+,24-,25+,26+,30-/m1/s1. The number of ether oxygens (including phenoxy) is 5. The van der Waals surface area contributed by atoms with Gasteiger partial charge >= 0.3 is 29.8 Å². The molecule has 0 radical (unpaired) electrons. The van der Waals surface area contributed by atoms with Gasteiger partial charge in [-0.1, -0.05) is 32.6 Å². The van der Waals surface area contributed by atoms with Gasteiger partial charge in [-0.25, -0.2) is 0 Å². The number of rotatable bonds is 5. The lowest BCUT2D eigenvalue weighted by molar-refractivity contribution is -0.187. The van der Waals surface area contributed by atoms with E-state index in [0.29, 0.717) is 0 Å². The van der Waals surface area contributed by atoms with Crippen LogP contribution in [0.3, 0.4) is 0 Å². The Morgan fingerprint density at radius 2 is 1.21 bits per heavy atom. The van der Waals surface area contributed by atoms with Crippen LogP contribution in [0, 0.1) is 23.2 Å². The van der Waals surface area contributed by atoms with Crippen LogP contribution in [0.4, 0.5) is 0 Å². The summed E-state index contributed by atoms with van der Waals surface area (Å²) in [6.07, 6.45) is -3.48. The van der Waals surface area contributed by atoms with E-state index in [1.54, 1.807) is 6.92 Å². The van der Waals surface area contributed by atoms with Gasteiger partial charge < -0.3 is 23.7 Å². The average Bonchev–Trinajstić information content (AvgIpc) is 3.10. The molecule has 0 aliphatic heterocycles. The number of carbonyl (C=O) groups is 7. The lowest BCUT2D eigenvalue weighted by Gasteiger charge is -2.42. The Hall–Kier alpha value is -3.83. The van der Waals surface area contributed by atoms with Gasteiger partial charge in [0.05, 0.1) is 5.92 Å². The molecule has 2 aliphatic carbocycles. The number of fused-ring (bicyclic) bond motifs is 1. The summed E-state index contributed by atoms with van der Waals surface area (Å²) in [4.78, 5) is 90.0. The van der Waals surface area contributed by atoms with Gasteiger partial charge in [0.1, 0.15) is 12.2 Å². The summed E-state index contributed by atoms with van der Waals surface area (Å²) >= 11 is 0. The van der Waals surface area contributed by atoms with Crippen molar-refractivity contribution in [3.05, 3.63) is 24.3 Å². The molecule has 0 aromatic carbocycles. The van der Waals surface area contributed by atoms with E-state index < -0.39 is 94.6 Å². The number of carbonyl (C=O) groups excluding carboxylic acids is 7. The topological polar surface area (TPSA) is 166 Å². The second kappa shape index (κ2) is 13.0. The molecule has 0 saturated heterocycles. The van der Waals surface area contributed by atoms with Gasteiger partial charge in [0, 0.05) is 57.9 Å². The van der Waals surface area contributed by atoms with Crippen LogP contribution in [-0.2, 0) is 57.2 Å². The third-order valence-corrected chi connectivity index (χ3v) is 7.44. The molecule has 0 aromatic rings. The number of esters is 5. The number of ketones is 2. The Balaban J connectivity index is 3.07. The van der Waals surface area contributed by atoms with Crippen LogP contribution in [0.2, 0.25) is 0 Å². The van der Waals surface area contributed by atoms with E-state index in [4.69, 9.17) is 23.7 Å². The minimum Gasteiger partial charge on any atom is -0.462 e. The number of Topliss-reactive ketones (excluding diaryl/α,β-unsaturated/α-hetero) is 2. The molecule has 0 N–H and O–H groups in total. The van der Waals surface area contributed by atoms with Crippen LogP contribution in [-0.4, -0.2) is 71.4 Å². The van der Waals surface area contributed by atoms with Crippen molar-refractivity contribution >= 4 is 41.4 Å². The number of hydrogen-bond acceptors (Lipinski definition) is 12. The molecule has 0 amide bonds. The molecule has 42 heavy (non-hydrogen) atoms. The first-order valence-corrected chi connectivity index (χ1v) is 13.6. The fraction of sp³-hybridized carbons (Fsp3) is 0.633. The Bertz CT molecular complexity index is 1200. The van der Waals surface area contributed by atoms with Gasteiger partial charge in [-0.3, -0.25) is 33.6 Å². The van der Waals surface area contributed by atoms with Crippen molar-refractivity contribution in [1.82, 2.24) is 0 Å². The van der Waals surface area contributed by atoms with E-state index in [9.17, 15) is 33.6 Å². The zero-order valence-corrected chi connectivity index (χ0v) is 25.5. The molecule has 0 heterocycles. The first kappa shape index (κ1) is 34.4. The molecule has 12 heteroatoms. The van der Waals surface area contributed by atoms with Crippen LogP contribution in [0.1, 0.15) is 68.7 Å². The fourth-order valence-corrected chi connectivity index (χ4v) is 5.80. The van der Waals surface area contributed by atoms with E-state index in [1.165, 1.54) is 32.9 Å². The number of hydrogen-bond donors (Lipinski definition) is 0. The van der Waals surface area contributed by atoms with Crippen molar-refractivity contribution in [3.63, 3.8) is 0 Å². The highest BCUT2D eigenvalue weighted by molar-refractivity contribution is 5.95. The van der Waals surface area contributed by atoms with E-state index in [2.05, 4.69) is 6.58 Å². The smallest absolute Gasteiger partial charge is 0.303 e. The summed E-state index contributed by atoms with van der Waals surface area (Å²) in [7, 11) is 0. The predicted molar refractivity (Wildman–Crippen MR) is 145 cm³/mol. The van der Waals surface area contributed by atoms with Crippen molar-refractivity contribution < 1.29 is 57.2 Å². The Kier molecular flexibility index (Phi) is 10.6. The third-order valence-electron chi connectivity index (χ3n) is 7.44. The summed E-state index contributed by atoms with van der Waals surface area (Å²) in [5.41, 5.74) is -3.64. The van der Waals surface area contributed by atoms with E-state index >= 15 is 0 Å². The molecular weight excluding hydrogens is 552 g/mol. The van der Waals surface area contributed by atoms with Gasteiger partial charge in [0.2, 0.25) is 6.10 Å². The molecule has 12 nitrogen and oxygen atoms in total. The van der Waals surface area contributed by atoms with Crippen LogP contribution in [0.15, 0.2) is 24.3 Å². The molecule has 0 spiro atoms. The molecule has 1 saturated carbocycles. The highest BCUT2D eigenvalue weighted by Gasteiger charge is 2.65. The highest BCUT2D eigenvalue weighted by atomic mass is 16.6. The van der Waals surface area contributed by atoms with Crippen molar-refractivity contribution in [2.75, 3.05) is 0 Å². The van der Waals surface area contributed by atoms with Gasteiger partial charge in [0.25, 0.3) is 0 Å². The average molecular weight is 593 g/mol. The Morgan fingerprint density at radius 1 is 0.738 bits per heavy atom. The zero-order valence-electron chi connectivity index (χ0n) is 25.5. The molecule has 8 atom stereocenters. The maximum absolute atomic E-state index is 14.3. The molecule has 0 unspecified atom stereocenters. The molecule has 232 valence electrons. The molecule has 0 bridgehead atoms. The van der Waals surface area contributed by atoms with Crippen LogP contribution in [0.5, 0.6) is 0 Å². The van der Waals surface area contributed by atoms with Crippen LogP contribution >= 0.6 is 0 Å². The molecule has 1 fully saturated rings. The summed E-state index contributed by atoms with van der Waals surface area (Å²) in [5, 5.41) is 0. The first-order valence-electron chi connectivity index (χ1n) is 13.6. The van der Waals surface area contributed by atoms with E-state index in [0.717, 1.165) is 34.6 Å². The second-order valence-corrected chi connectivity index (χ2v) is 11.5. The molecule has 2 rings (SSSR count). The largest absolute Gasteiger partial charge is 0.462 e. The molecule has 0 aromatic heterocycles. The number of allylic oxidation sites excluding steroid dienone is 2. The van der Waals surface area contributed by atoms with Crippen LogP contribution in [0.25, 0.3) is 0 Å². The summed E-state index contributed by atoms with van der Waals surface area (Å²) < 4.78 is 28.0. The van der Waals surface area contributed by atoms with Gasteiger partial charge in [-0.2, -0.15) is 0 Å². The van der Waals surface area contributed by atoms with Crippen molar-refractivity contribution in [2.45, 2.75) is 98.8 Å². The van der Waals surface area contributed by atoms with Gasteiger partial charge in [-0.15, -0.1) is 0 Å². The summed E-state index contributed by atoms with van der Waals surface area (Å²) in [6.45, 7) is 15.7. The zero-order chi connectivity index (χ0) is 32.3. The van der Waals surface area contributed by atoms with Gasteiger partial charge in [0.15, 0.2) is 23.3 Å².